The van der Waals surface area contributed by atoms with Gasteiger partial charge in [0.1, 0.15) is 0 Å². The minimum atomic E-state index is 1.18. The maximum Gasteiger partial charge on any atom is 0.0545 e. The largest absolute Gasteiger partial charge is 0.354 e. The van der Waals surface area contributed by atoms with Crippen LogP contribution >= 0.6 is 11.3 Å². The Morgan fingerprint density at radius 3 is 1.97 bits per heavy atom. The molecule has 0 saturated heterocycles. The molecule has 0 atom stereocenters. The van der Waals surface area contributed by atoms with E-state index in [9.17, 15) is 0 Å². The van der Waals surface area contributed by atoms with Crippen LogP contribution in [0.25, 0.3) is 75.4 Å². The molecule has 1 nitrogen and oxygen atoms in total. The highest BCUT2D eigenvalue weighted by Gasteiger charge is 2.19. The summed E-state index contributed by atoms with van der Waals surface area (Å²) in [6.45, 7) is 0. The molecular formula is C36H23NS. The fraction of sp³-hybridized carbons (Fsp3) is 0. The first-order valence-electron chi connectivity index (χ1n) is 13.0. The first kappa shape index (κ1) is 21.4. The summed E-state index contributed by atoms with van der Waals surface area (Å²) in [6.07, 6.45) is 0. The second-order valence-electron chi connectivity index (χ2n) is 9.77. The number of benzene rings is 6. The van der Waals surface area contributed by atoms with Crippen molar-refractivity contribution in [1.29, 1.82) is 0 Å². The minimum absolute atomic E-state index is 1.18. The minimum Gasteiger partial charge on any atom is -0.354 e. The van der Waals surface area contributed by atoms with Crippen LogP contribution in [0.15, 0.2) is 133 Å². The van der Waals surface area contributed by atoms with Crippen LogP contribution < -0.4 is 0 Å². The summed E-state index contributed by atoms with van der Waals surface area (Å²) in [5.41, 5.74) is 9.95. The van der Waals surface area contributed by atoms with E-state index < -0.39 is 0 Å². The summed E-state index contributed by atoms with van der Waals surface area (Å²) in [5, 5.41) is 5.19. The average molecular weight is 502 g/mol. The summed E-state index contributed by atoms with van der Waals surface area (Å²) < 4.78 is 2.65. The Bertz CT molecular complexity index is 2130. The van der Waals surface area contributed by atoms with E-state index >= 15 is 0 Å². The molecule has 0 radical (unpaired) electrons. The van der Waals surface area contributed by atoms with Crippen molar-refractivity contribution in [2.75, 3.05) is 0 Å². The third-order valence-corrected chi connectivity index (χ3v) is 8.86. The lowest BCUT2D eigenvalue weighted by molar-refractivity contribution is 1.54. The number of para-hydroxylation sites is 2. The van der Waals surface area contributed by atoms with Gasteiger partial charge in [-0.25, -0.2) is 0 Å². The fourth-order valence-electron chi connectivity index (χ4n) is 5.95. The summed E-state index contributed by atoms with van der Waals surface area (Å²) in [7, 11) is 0. The molecule has 2 aromatic heterocycles. The molecule has 0 amide bonds. The number of H-pyrrole nitrogens is 1. The lowest BCUT2D eigenvalue weighted by Gasteiger charge is -2.14. The van der Waals surface area contributed by atoms with Gasteiger partial charge in [-0.2, -0.15) is 0 Å². The maximum atomic E-state index is 3.73. The topological polar surface area (TPSA) is 15.8 Å². The van der Waals surface area contributed by atoms with Gasteiger partial charge >= 0.3 is 0 Å². The highest BCUT2D eigenvalue weighted by atomic mass is 32.1. The molecular weight excluding hydrogens is 478 g/mol. The van der Waals surface area contributed by atoms with E-state index in [1.54, 1.807) is 0 Å². The highest BCUT2D eigenvalue weighted by Crippen LogP contribution is 2.47. The third-order valence-electron chi connectivity index (χ3n) is 7.66. The molecule has 0 bridgehead atoms. The molecule has 0 aliphatic carbocycles. The Labute approximate surface area is 224 Å². The Morgan fingerprint density at radius 2 is 1.08 bits per heavy atom. The van der Waals surface area contributed by atoms with E-state index in [0.29, 0.717) is 0 Å². The Hall–Kier alpha value is -4.66. The summed E-state index contributed by atoms with van der Waals surface area (Å²) in [6, 6.07) is 48.3. The molecule has 2 heterocycles. The predicted molar refractivity (Wildman–Crippen MR) is 165 cm³/mol. The summed E-state index contributed by atoms with van der Waals surface area (Å²) in [4.78, 5) is 3.73. The van der Waals surface area contributed by atoms with Gasteiger partial charge in [0.15, 0.2) is 0 Å². The molecule has 38 heavy (non-hydrogen) atoms. The normalized spacial score (nSPS) is 11.7. The van der Waals surface area contributed by atoms with Crippen molar-refractivity contribution in [2.24, 2.45) is 0 Å². The standard InChI is InChI=1S/C36H23NS/c1-2-11-23(12-3-1)24-13-4-5-14-25(24)27-21-22-30(36-34(27)31-16-7-9-20-33(31)38-36)29-18-10-17-28-26-15-6-8-19-32(26)37-35(28)29/h1-22,37H. The van der Waals surface area contributed by atoms with E-state index in [-0.39, 0.29) is 0 Å². The smallest absolute Gasteiger partial charge is 0.0545 e. The lowest BCUT2D eigenvalue weighted by Crippen LogP contribution is -1.88. The number of rotatable bonds is 3. The Morgan fingerprint density at radius 1 is 0.421 bits per heavy atom. The van der Waals surface area contributed by atoms with Crippen LogP contribution in [0.5, 0.6) is 0 Å². The van der Waals surface area contributed by atoms with Gasteiger partial charge in [0.2, 0.25) is 0 Å². The van der Waals surface area contributed by atoms with Crippen molar-refractivity contribution >= 4 is 53.3 Å². The van der Waals surface area contributed by atoms with Gasteiger partial charge in [-0.15, -0.1) is 11.3 Å². The van der Waals surface area contributed by atoms with Crippen LogP contribution in [0.3, 0.4) is 0 Å². The quantitative estimate of drug-likeness (QED) is 0.248. The molecule has 1 N–H and O–H groups in total. The fourth-order valence-corrected chi connectivity index (χ4v) is 7.21. The number of hydrogen-bond donors (Lipinski definition) is 1. The van der Waals surface area contributed by atoms with E-state index in [1.807, 2.05) is 11.3 Å². The molecule has 0 saturated carbocycles. The molecule has 8 rings (SSSR count). The van der Waals surface area contributed by atoms with Gasteiger partial charge in [-0.3, -0.25) is 0 Å². The summed E-state index contributed by atoms with van der Waals surface area (Å²) >= 11 is 1.90. The first-order valence-corrected chi connectivity index (χ1v) is 13.8. The number of aromatic nitrogens is 1. The molecule has 2 heteroatoms. The molecule has 0 aliphatic heterocycles. The number of hydrogen-bond acceptors (Lipinski definition) is 1. The van der Waals surface area contributed by atoms with Crippen LogP contribution in [0.2, 0.25) is 0 Å². The van der Waals surface area contributed by atoms with Crippen molar-refractivity contribution in [3.8, 4) is 33.4 Å². The maximum absolute atomic E-state index is 3.73. The number of thiophene rings is 1. The number of fused-ring (bicyclic) bond motifs is 6. The van der Waals surface area contributed by atoms with Crippen LogP contribution in [-0.2, 0) is 0 Å². The zero-order valence-corrected chi connectivity index (χ0v) is 21.4. The van der Waals surface area contributed by atoms with Gasteiger partial charge in [-0.05, 0) is 34.4 Å². The van der Waals surface area contributed by atoms with Crippen LogP contribution in [0.4, 0.5) is 0 Å². The summed E-state index contributed by atoms with van der Waals surface area (Å²) in [5.74, 6) is 0. The van der Waals surface area contributed by atoms with Gasteiger partial charge in [0.25, 0.3) is 0 Å². The predicted octanol–water partition coefficient (Wildman–Crippen LogP) is 10.7. The van der Waals surface area contributed by atoms with Crippen molar-refractivity contribution in [1.82, 2.24) is 4.98 Å². The van der Waals surface area contributed by atoms with Crippen molar-refractivity contribution in [3.05, 3.63) is 133 Å². The van der Waals surface area contributed by atoms with E-state index in [2.05, 4.69) is 138 Å². The van der Waals surface area contributed by atoms with Crippen molar-refractivity contribution in [3.63, 3.8) is 0 Å². The molecule has 178 valence electrons. The number of nitrogens with one attached hydrogen (secondary N) is 1. The van der Waals surface area contributed by atoms with Crippen molar-refractivity contribution in [2.45, 2.75) is 0 Å². The Kier molecular flexibility index (Phi) is 4.76. The van der Waals surface area contributed by atoms with E-state index in [1.165, 1.54) is 75.4 Å². The van der Waals surface area contributed by atoms with Gasteiger partial charge in [-0.1, -0.05) is 121 Å². The average Bonchev–Trinajstić information content (AvgIpc) is 3.56. The van der Waals surface area contributed by atoms with Crippen LogP contribution in [-0.4, -0.2) is 4.98 Å². The second-order valence-corrected chi connectivity index (χ2v) is 10.8. The highest BCUT2D eigenvalue weighted by molar-refractivity contribution is 7.26. The monoisotopic (exact) mass is 501 g/mol. The van der Waals surface area contributed by atoms with Crippen molar-refractivity contribution < 1.29 is 0 Å². The SMILES string of the molecule is c1ccc(-c2ccccc2-c2ccc(-c3cccc4c3[nH]c3ccccc34)c3sc4ccccc4c23)cc1. The molecule has 8 aromatic rings. The van der Waals surface area contributed by atoms with Crippen LogP contribution in [0, 0.1) is 0 Å². The molecule has 0 aliphatic rings. The van der Waals surface area contributed by atoms with E-state index in [4.69, 9.17) is 0 Å². The van der Waals surface area contributed by atoms with Gasteiger partial charge in [0.05, 0.1) is 5.52 Å². The van der Waals surface area contributed by atoms with E-state index in [0.717, 1.165) is 0 Å². The van der Waals surface area contributed by atoms with Gasteiger partial charge < -0.3 is 4.98 Å². The molecule has 6 aromatic carbocycles. The zero-order chi connectivity index (χ0) is 25.1. The van der Waals surface area contributed by atoms with Crippen LogP contribution in [0.1, 0.15) is 0 Å². The molecule has 0 unspecified atom stereocenters. The first-order chi connectivity index (χ1) is 18.9. The second kappa shape index (κ2) is 8.44. The molecule has 0 spiro atoms. The number of aromatic amines is 1. The third kappa shape index (κ3) is 3.17. The molecule has 0 fully saturated rings. The lowest BCUT2D eigenvalue weighted by atomic mass is 9.90. The van der Waals surface area contributed by atoms with Gasteiger partial charge in [0, 0.05) is 47.6 Å². The Balaban J connectivity index is 1.46. The zero-order valence-electron chi connectivity index (χ0n) is 20.6.